The Morgan fingerprint density at radius 1 is 1.05 bits per heavy atom. The molecule has 0 radical (unpaired) electrons. The Hall–Kier alpha value is -3.43. The molecule has 9 heteroatoms. The van der Waals surface area contributed by atoms with Crippen molar-refractivity contribution in [2.24, 2.45) is 11.8 Å². The van der Waals surface area contributed by atoms with Crippen LogP contribution < -0.4 is 9.64 Å². The zero-order valence-electron chi connectivity index (χ0n) is 23.6. The second kappa shape index (κ2) is 11.1. The maximum Gasteiger partial charge on any atom is 0.336 e. The molecule has 216 valence electrons. The molecule has 2 aliphatic heterocycles. The van der Waals surface area contributed by atoms with Crippen molar-refractivity contribution in [1.29, 1.82) is 0 Å². The van der Waals surface area contributed by atoms with Crippen molar-refractivity contribution in [2.75, 3.05) is 31.1 Å². The third-order valence-corrected chi connectivity index (χ3v) is 10.0. The fraction of sp³-hybridized carbons (Fsp3) is 0.469. The maximum absolute atomic E-state index is 12.9. The molecule has 1 amide bonds. The van der Waals surface area contributed by atoms with E-state index in [1.54, 1.807) is 0 Å². The lowest BCUT2D eigenvalue weighted by molar-refractivity contribution is -0.169. The fourth-order valence-corrected chi connectivity index (χ4v) is 7.52. The molecule has 2 aromatic carbocycles. The van der Waals surface area contributed by atoms with E-state index in [0.29, 0.717) is 32.5 Å². The van der Waals surface area contributed by atoms with E-state index in [9.17, 15) is 19.8 Å². The van der Waals surface area contributed by atoms with Gasteiger partial charge in [-0.15, -0.1) is 11.3 Å². The Bertz CT molecular complexity index is 1450. The molecule has 41 heavy (non-hydrogen) atoms. The van der Waals surface area contributed by atoms with Gasteiger partial charge in [-0.2, -0.15) is 0 Å². The van der Waals surface area contributed by atoms with E-state index in [2.05, 4.69) is 11.0 Å². The molecular formula is C32H37N3O5S. The van der Waals surface area contributed by atoms with E-state index in [0.717, 1.165) is 70.3 Å². The summed E-state index contributed by atoms with van der Waals surface area (Å²) in [5.41, 5.74) is 3.97. The highest BCUT2D eigenvalue weighted by molar-refractivity contribution is 7.14. The number of hydrogen-bond donors (Lipinski definition) is 2. The van der Waals surface area contributed by atoms with E-state index >= 15 is 0 Å². The molecule has 2 saturated heterocycles. The summed E-state index contributed by atoms with van der Waals surface area (Å²) in [6, 6.07) is 11.9. The van der Waals surface area contributed by atoms with Gasteiger partial charge in [0.25, 0.3) is 5.91 Å². The van der Waals surface area contributed by atoms with E-state index in [1.807, 2.05) is 54.5 Å². The summed E-state index contributed by atoms with van der Waals surface area (Å²) in [6.07, 6.45) is 4.76. The topological polar surface area (TPSA) is 103 Å². The second-order valence-electron chi connectivity index (χ2n) is 11.8. The van der Waals surface area contributed by atoms with Crippen LogP contribution in [0.15, 0.2) is 41.8 Å². The number of carboxylic acids is 1. The lowest BCUT2D eigenvalue weighted by atomic mass is 9.80. The number of thiazole rings is 1. The van der Waals surface area contributed by atoms with Gasteiger partial charge in [0.15, 0.2) is 10.7 Å². The van der Waals surface area contributed by atoms with E-state index < -0.39 is 11.6 Å². The molecule has 8 nitrogen and oxygen atoms in total. The highest BCUT2D eigenvalue weighted by atomic mass is 32.1. The molecule has 2 N–H and O–H groups in total. The molecule has 0 spiro atoms. The first-order chi connectivity index (χ1) is 19.7. The van der Waals surface area contributed by atoms with Gasteiger partial charge in [-0.05, 0) is 81.3 Å². The number of carbonyl (C=O) groups is 2. The molecule has 3 fully saturated rings. The van der Waals surface area contributed by atoms with Crippen LogP contribution in [0.3, 0.4) is 0 Å². The van der Waals surface area contributed by atoms with E-state index in [-0.39, 0.29) is 17.7 Å². The number of nitrogens with zero attached hydrogens (tertiary/aromatic N) is 3. The van der Waals surface area contributed by atoms with Crippen LogP contribution in [-0.2, 0) is 11.4 Å². The minimum atomic E-state index is -1.63. The Morgan fingerprint density at radius 3 is 2.46 bits per heavy atom. The molecule has 1 saturated carbocycles. The van der Waals surface area contributed by atoms with Crippen molar-refractivity contribution >= 4 is 28.3 Å². The number of benzene rings is 2. The summed E-state index contributed by atoms with van der Waals surface area (Å²) in [6.45, 7) is 7.07. The van der Waals surface area contributed by atoms with Gasteiger partial charge >= 0.3 is 5.97 Å². The van der Waals surface area contributed by atoms with Crippen molar-refractivity contribution < 1.29 is 24.5 Å². The number of ether oxygens (including phenoxy) is 1. The average Bonchev–Trinajstić information content (AvgIpc) is 3.51. The SMILES string of the molecule is Cc1ccc(OCc2ccc(C(=O)N3CCCCC3)cc2C)c(-c2csc(N3CC4CCC(C3)C4(O)C(=O)O)n2)c1. The quantitative estimate of drug-likeness (QED) is 0.394. The van der Waals surface area contributed by atoms with E-state index in [4.69, 9.17) is 9.72 Å². The number of aliphatic hydroxyl groups is 1. The molecular weight excluding hydrogens is 538 g/mol. The van der Waals surface area contributed by atoms with Gasteiger partial charge in [-0.3, -0.25) is 4.79 Å². The molecule has 3 aliphatic rings. The number of likely N-dealkylation sites (tertiary alicyclic amines) is 1. The number of piperidine rings is 2. The van der Waals surface area contributed by atoms with Crippen LogP contribution >= 0.6 is 11.3 Å². The van der Waals surface area contributed by atoms with Gasteiger partial charge in [0, 0.05) is 54.5 Å². The summed E-state index contributed by atoms with van der Waals surface area (Å²) in [5.74, 6) is -0.860. The minimum absolute atomic E-state index is 0.106. The summed E-state index contributed by atoms with van der Waals surface area (Å²) >= 11 is 1.53. The molecule has 2 bridgehead atoms. The number of aromatic nitrogens is 1. The van der Waals surface area contributed by atoms with Gasteiger partial charge in [-0.25, -0.2) is 9.78 Å². The summed E-state index contributed by atoms with van der Waals surface area (Å²) in [5, 5.41) is 23.4. The first-order valence-corrected chi connectivity index (χ1v) is 15.4. The predicted octanol–water partition coefficient (Wildman–Crippen LogP) is 5.29. The normalized spacial score (nSPS) is 24.0. The molecule has 3 heterocycles. The summed E-state index contributed by atoms with van der Waals surface area (Å²) < 4.78 is 6.34. The van der Waals surface area contributed by atoms with Crippen molar-refractivity contribution in [1.82, 2.24) is 9.88 Å². The number of fused-ring (bicyclic) bond motifs is 2. The lowest BCUT2D eigenvalue weighted by Gasteiger charge is -2.41. The Kier molecular flexibility index (Phi) is 7.50. The van der Waals surface area contributed by atoms with Gasteiger partial charge in [0.1, 0.15) is 12.4 Å². The number of amides is 1. The van der Waals surface area contributed by atoms with Crippen LogP contribution in [0.2, 0.25) is 0 Å². The molecule has 1 aromatic heterocycles. The number of aryl methyl sites for hydroxylation is 2. The predicted molar refractivity (Wildman–Crippen MR) is 159 cm³/mol. The number of carbonyl (C=O) groups excluding carboxylic acids is 1. The number of carboxylic acid groups (broad SMARTS) is 1. The maximum atomic E-state index is 12.9. The third kappa shape index (κ3) is 5.21. The zero-order chi connectivity index (χ0) is 28.7. The summed E-state index contributed by atoms with van der Waals surface area (Å²) in [4.78, 5) is 33.8. The number of anilines is 1. The minimum Gasteiger partial charge on any atom is -0.488 e. The third-order valence-electron chi connectivity index (χ3n) is 9.12. The molecule has 3 aromatic rings. The number of rotatable bonds is 7. The van der Waals surface area contributed by atoms with Crippen LogP contribution in [0.25, 0.3) is 11.3 Å². The fourth-order valence-electron chi connectivity index (χ4n) is 6.68. The number of aliphatic carboxylic acids is 1. The Morgan fingerprint density at radius 2 is 1.78 bits per heavy atom. The van der Waals surface area contributed by atoms with Crippen LogP contribution in [0.1, 0.15) is 59.2 Å². The van der Waals surface area contributed by atoms with Crippen LogP contribution in [-0.4, -0.2) is 63.8 Å². The zero-order valence-corrected chi connectivity index (χ0v) is 24.5. The van der Waals surface area contributed by atoms with Crippen LogP contribution in [0.5, 0.6) is 5.75 Å². The second-order valence-corrected chi connectivity index (χ2v) is 12.6. The van der Waals surface area contributed by atoms with Crippen molar-refractivity contribution in [3.05, 3.63) is 64.0 Å². The standard InChI is InChI=1S/C32H37N3O5S/c1-20-6-11-28(40-18-23-8-7-22(15-21(23)2)29(36)34-12-4-3-5-13-34)26(14-20)27-19-41-31(33-27)35-16-24-9-10-25(17-35)32(24,39)30(37)38/h6-8,11,14-15,19,24-25,39H,3-5,9-10,12-13,16-18H2,1-2H3,(H,37,38). The average molecular weight is 576 g/mol. The highest BCUT2D eigenvalue weighted by Crippen LogP contribution is 2.47. The van der Waals surface area contributed by atoms with Gasteiger partial charge in [-0.1, -0.05) is 17.7 Å². The van der Waals surface area contributed by atoms with Crippen LogP contribution in [0.4, 0.5) is 5.13 Å². The first-order valence-electron chi connectivity index (χ1n) is 14.5. The van der Waals surface area contributed by atoms with Crippen molar-refractivity contribution in [3.63, 3.8) is 0 Å². The summed E-state index contributed by atoms with van der Waals surface area (Å²) in [7, 11) is 0. The van der Waals surface area contributed by atoms with Crippen molar-refractivity contribution in [2.45, 2.75) is 58.2 Å². The smallest absolute Gasteiger partial charge is 0.336 e. The highest BCUT2D eigenvalue weighted by Gasteiger charge is 2.58. The lowest BCUT2D eigenvalue weighted by Crippen LogP contribution is -2.58. The monoisotopic (exact) mass is 575 g/mol. The molecule has 1 aliphatic carbocycles. The molecule has 2 atom stereocenters. The number of hydrogen-bond acceptors (Lipinski definition) is 7. The molecule has 2 unspecified atom stereocenters. The van der Waals surface area contributed by atoms with Crippen LogP contribution in [0, 0.1) is 25.7 Å². The van der Waals surface area contributed by atoms with Gasteiger partial charge in [0.2, 0.25) is 0 Å². The van der Waals surface area contributed by atoms with Gasteiger partial charge in [0.05, 0.1) is 5.69 Å². The van der Waals surface area contributed by atoms with Crippen molar-refractivity contribution in [3.8, 4) is 17.0 Å². The van der Waals surface area contributed by atoms with Gasteiger partial charge < -0.3 is 24.7 Å². The first kappa shape index (κ1) is 27.7. The Labute approximate surface area is 244 Å². The largest absolute Gasteiger partial charge is 0.488 e. The Balaban J connectivity index is 1.17. The van der Waals surface area contributed by atoms with E-state index in [1.165, 1.54) is 17.8 Å². The molecule has 6 rings (SSSR count).